The summed E-state index contributed by atoms with van der Waals surface area (Å²) in [6, 6.07) is 2.35. The van der Waals surface area contributed by atoms with E-state index in [1.165, 1.54) is 23.0 Å². The van der Waals surface area contributed by atoms with E-state index in [4.69, 9.17) is 5.11 Å². The largest absolute Gasteiger partial charge is 0.478 e. The lowest BCUT2D eigenvalue weighted by atomic mass is 10.2. The quantitative estimate of drug-likeness (QED) is 0.716. The second kappa shape index (κ2) is 2.55. The minimum absolute atomic E-state index is 0.000463. The molecule has 2 aromatic rings. The van der Waals surface area contributed by atoms with E-state index >= 15 is 0 Å². The summed E-state index contributed by atoms with van der Waals surface area (Å²) in [5.41, 5.74) is 0.256. The van der Waals surface area contributed by atoms with Gasteiger partial charge in [0.1, 0.15) is 11.4 Å². The van der Waals surface area contributed by atoms with E-state index in [9.17, 15) is 9.18 Å². The molecule has 0 aliphatic carbocycles. The number of pyridine rings is 1. The molecule has 0 aliphatic heterocycles. The van der Waals surface area contributed by atoms with Gasteiger partial charge in [-0.3, -0.25) is 0 Å². The van der Waals surface area contributed by atoms with Crippen LogP contribution in [0.5, 0.6) is 0 Å². The van der Waals surface area contributed by atoms with E-state index in [0.717, 1.165) is 6.07 Å². The molecule has 2 aromatic heterocycles. The van der Waals surface area contributed by atoms with Gasteiger partial charge in [0.05, 0.1) is 11.7 Å². The zero-order valence-corrected chi connectivity index (χ0v) is 6.44. The molecule has 0 radical (unpaired) electrons. The maximum Gasteiger partial charge on any atom is 0.339 e. The zero-order chi connectivity index (χ0) is 9.42. The Bertz CT molecular complexity index is 478. The number of nitrogens with zero attached hydrogens (tertiary/aromatic N) is 2. The smallest absolute Gasteiger partial charge is 0.339 e. The van der Waals surface area contributed by atoms with Crippen LogP contribution in [0, 0.1) is 5.82 Å². The summed E-state index contributed by atoms with van der Waals surface area (Å²) in [5.74, 6) is -1.59. The monoisotopic (exact) mass is 180 g/mol. The average Bonchev–Trinajstić information content (AvgIpc) is 2.46. The lowest BCUT2D eigenvalue weighted by Crippen LogP contribution is -1.95. The van der Waals surface area contributed by atoms with E-state index in [1.807, 2.05) is 0 Å². The zero-order valence-electron chi connectivity index (χ0n) is 6.44. The molecule has 0 bridgehead atoms. The van der Waals surface area contributed by atoms with Crippen LogP contribution in [0.15, 0.2) is 24.5 Å². The highest BCUT2D eigenvalue weighted by molar-refractivity contribution is 5.95. The summed E-state index contributed by atoms with van der Waals surface area (Å²) < 4.78 is 14.0. The molecule has 66 valence electrons. The number of carbonyl (C=O) groups is 1. The van der Waals surface area contributed by atoms with Crippen molar-refractivity contribution < 1.29 is 14.3 Å². The third kappa shape index (κ3) is 1.14. The van der Waals surface area contributed by atoms with E-state index in [2.05, 4.69) is 5.10 Å². The molecule has 0 spiro atoms. The molecule has 0 unspecified atom stereocenters. The van der Waals surface area contributed by atoms with Gasteiger partial charge in [0.25, 0.3) is 0 Å². The molecule has 2 rings (SSSR count). The molecule has 0 atom stereocenters. The first kappa shape index (κ1) is 7.72. The van der Waals surface area contributed by atoms with Gasteiger partial charge in [0.2, 0.25) is 0 Å². The van der Waals surface area contributed by atoms with Crippen LogP contribution in [0.2, 0.25) is 0 Å². The minimum Gasteiger partial charge on any atom is -0.478 e. The highest BCUT2D eigenvalue weighted by Gasteiger charge is 2.10. The fourth-order valence-corrected chi connectivity index (χ4v) is 1.12. The molecule has 0 amide bonds. The third-order valence-electron chi connectivity index (χ3n) is 1.71. The Labute approximate surface area is 72.2 Å². The molecule has 1 N–H and O–H groups in total. The van der Waals surface area contributed by atoms with Crippen LogP contribution in [0.4, 0.5) is 4.39 Å². The molecular formula is C8H5FN2O2. The van der Waals surface area contributed by atoms with Crippen molar-refractivity contribution in [3.05, 3.63) is 35.9 Å². The van der Waals surface area contributed by atoms with E-state index in [0.29, 0.717) is 0 Å². The van der Waals surface area contributed by atoms with E-state index in [1.54, 1.807) is 0 Å². The maximum atomic E-state index is 12.7. The normalized spacial score (nSPS) is 10.5. The summed E-state index contributed by atoms with van der Waals surface area (Å²) in [6.45, 7) is 0. The van der Waals surface area contributed by atoms with Crippen LogP contribution >= 0.6 is 0 Å². The lowest BCUT2D eigenvalue weighted by molar-refractivity contribution is 0.0699. The van der Waals surface area contributed by atoms with Crippen LogP contribution in [0.3, 0.4) is 0 Å². The second-order valence-electron chi connectivity index (χ2n) is 2.54. The number of aromatic nitrogens is 2. The van der Waals surface area contributed by atoms with Gasteiger partial charge in [-0.2, -0.15) is 5.10 Å². The topological polar surface area (TPSA) is 54.6 Å². The first-order valence-electron chi connectivity index (χ1n) is 3.54. The van der Waals surface area contributed by atoms with Crippen LogP contribution in [0.1, 0.15) is 10.4 Å². The SMILES string of the molecule is O=C(O)c1cnn2ccc(F)cc12. The van der Waals surface area contributed by atoms with Crippen molar-refractivity contribution in [1.82, 2.24) is 9.61 Å². The van der Waals surface area contributed by atoms with Crippen molar-refractivity contribution in [1.29, 1.82) is 0 Å². The Morgan fingerprint density at radius 1 is 1.62 bits per heavy atom. The van der Waals surface area contributed by atoms with Crippen LogP contribution in [-0.4, -0.2) is 20.7 Å². The summed E-state index contributed by atoms with van der Waals surface area (Å²) in [5, 5.41) is 12.4. The minimum atomic E-state index is -1.11. The molecule has 0 aromatic carbocycles. The first-order chi connectivity index (χ1) is 6.18. The fourth-order valence-electron chi connectivity index (χ4n) is 1.12. The molecule has 4 nitrogen and oxygen atoms in total. The molecule has 13 heavy (non-hydrogen) atoms. The van der Waals surface area contributed by atoms with Crippen molar-refractivity contribution in [2.24, 2.45) is 0 Å². The van der Waals surface area contributed by atoms with Gasteiger partial charge in [-0.1, -0.05) is 0 Å². The number of aromatic carboxylic acids is 1. The Morgan fingerprint density at radius 2 is 2.38 bits per heavy atom. The number of halogens is 1. The number of rotatable bonds is 1. The molecule has 2 heterocycles. The third-order valence-corrected chi connectivity index (χ3v) is 1.71. The number of fused-ring (bicyclic) bond motifs is 1. The van der Waals surface area contributed by atoms with Crippen LogP contribution < -0.4 is 0 Å². The van der Waals surface area contributed by atoms with Gasteiger partial charge in [0, 0.05) is 12.3 Å². The summed E-state index contributed by atoms with van der Waals surface area (Å²) in [7, 11) is 0. The van der Waals surface area contributed by atoms with Gasteiger partial charge in [-0.15, -0.1) is 0 Å². The highest BCUT2D eigenvalue weighted by Crippen LogP contribution is 2.11. The first-order valence-corrected chi connectivity index (χ1v) is 3.54. The average molecular weight is 180 g/mol. The molecule has 0 saturated heterocycles. The highest BCUT2D eigenvalue weighted by atomic mass is 19.1. The van der Waals surface area contributed by atoms with Gasteiger partial charge in [-0.05, 0) is 6.07 Å². The van der Waals surface area contributed by atoms with Gasteiger partial charge < -0.3 is 5.11 Å². The molecule has 0 aliphatic rings. The van der Waals surface area contributed by atoms with E-state index in [-0.39, 0.29) is 11.1 Å². The van der Waals surface area contributed by atoms with Crippen molar-refractivity contribution in [2.75, 3.05) is 0 Å². The fraction of sp³-hybridized carbons (Fsp3) is 0. The Balaban J connectivity index is 2.79. The standard InChI is InChI=1S/C8H5FN2O2/c9-5-1-2-11-7(3-5)6(4-10-11)8(12)13/h1-4H,(H,12,13). The molecular weight excluding hydrogens is 175 g/mol. The van der Waals surface area contributed by atoms with Gasteiger partial charge in [0.15, 0.2) is 0 Å². The molecule has 0 saturated carbocycles. The summed E-state index contributed by atoms with van der Waals surface area (Å²) >= 11 is 0. The number of carboxylic acids is 1. The molecule has 0 fully saturated rings. The number of carboxylic acid groups (broad SMARTS) is 1. The van der Waals surface area contributed by atoms with Crippen LogP contribution in [0.25, 0.3) is 5.52 Å². The van der Waals surface area contributed by atoms with Gasteiger partial charge >= 0.3 is 5.97 Å². The number of hydrogen-bond donors (Lipinski definition) is 1. The predicted octanol–water partition coefficient (Wildman–Crippen LogP) is 1.17. The predicted molar refractivity (Wildman–Crippen MR) is 42.1 cm³/mol. The van der Waals surface area contributed by atoms with Crippen molar-refractivity contribution in [3.8, 4) is 0 Å². The number of hydrogen-bond acceptors (Lipinski definition) is 2. The summed E-state index contributed by atoms with van der Waals surface area (Å²) in [4.78, 5) is 10.6. The molecule has 5 heteroatoms. The van der Waals surface area contributed by atoms with Crippen molar-refractivity contribution >= 4 is 11.5 Å². The van der Waals surface area contributed by atoms with Gasteiger partial charge in [-0.25, -0.2) is 13.7 Å². The summed E-state index contributed by atoms with van der Waals surface area (Å²) in [6.07, 6.45) is 2.56. The van der Waals surface area contributed by atoms with E-state index < -0.39 is 11.8 Å². The second-order valence-corrected chi connectivity index (χ2v) is 2.54. The Morgan fingerprint density at radius 3 is 3.08 bits per heavy atom. The Hall–Kier alpha value is -1.91. The maximum absolute atomic E-state index is 12.7. The Kier molecular flexibility index (Phi) is 1.51. The van der Waals surface area contributed by atoms with Crippen molar-refractivity contribution in [3.63, 3.8) is 0 Å². The lowest BCUT2D eigenvalue weighted by Gasteiger charge is -1.93. The van der Waals surface area contributed by atoms with Crippen LogP contribution in [-0.2, 0) is 0 Å². The van der Waals surface area contributed by atoms with Crippen molar-refractivity contribution in [2.45, 2.75) is 0 Å².